The van der Waals surface area contributed by atoms with Gasteiger partial charge in [-0.05, 0) is 30.5 Å². The molecule has 1 aromatic rings. The van der Waals surface area contributed by atoms with Gasteiger partial charge in [0.15, 0.2) is 0 Å². The number of benzene rings is 1. The van der Waals surface area contributed by atoms with Gasteiger partial charge in [0.25, 0.3) is 0 Å². The number of rotatable bonds is 7. The smallest absolute Gasteiger partial charge is 0.119 e. The molecule has 21 heavy (non-hydrogen) atoms. The summed E-state index contributed by atoms with van der Waals surface area (Å²) < 4.78 is 11.3. The molecule has 2 N–H and O–H groups in total. The summed E-state index contributed by atoms with van der Waals surface area (Å²) in [4.78, 5) is 2.41. The lowest BCUT2D eigenvalue weighted by molar-refractivity contribution is -0.0312. The number of nitrogens with zero attached hydrogens (tertiary/aromatic N) is 1. The van der Waals surface area contributed by atoms with E-state index in [4.69, 9.17) is 15.2 Å². The molecule has 2 atom stereocenters. The Morgan fingerprint density at radius 1 is 1.33 bits per heavy atom. The molecule has 0 radical (unpaired) electrons. The molecule has 2 unspecified atom stereocenters. The summed E-state index contributed by atoms with van der Waals surface area (Å²) in [5.74, 6) is 0.921. The van der Waals surface area contributed by atoms with E-state index in [2.05, 4.69) is 30.9 Å². The molecular formula is C17H28N2O2. The maximum Gasteiger partial charge on any atom is 0.119 e. The Bertz CT molecular complexity index is 408. The van der Waals surface area contributed by atoms with E-state index in [0.717, 1.165) is 51.4 Å². The largest absolute Gasteiger partial charge is 0.494 e. The van der Waals surface area contributed by atoms with Gasteiger partial charge in [-0.15, -0.1) is 0 Å². The van der Waals surface area contributed by atoms with Crippen LogP contribution in [0.5, 0.6) is 5.75 Å². The molecule has 1 aliphatic rings. The average Bonchev–Trinajstić information content (AvgIpc) is 2.53. The molecule has 0 aromatic heterocycles. The van der Waals surface area contributed by atoms with Crippen LogP contribution in [0.1, 0.15) is 38.3 Å². The zero-order chi connectivity index (χ0) is 15.1. The van der Waals surface area contributed by atoms with Crippen molar-refractivity contribution in [1.82, 2.24) is 4.90 Å². The predicted molar refractivity (Wildman–Crippen MR) is 85.6 cm³/mol. The first-order valence-electron chi connectivity index (χ1n) is 8.05. The SMILES string of the molecule is CCCOc1ccc(C(N)CN2CCOC(CC)C2)cc1. The number of nitrogens with two attached hydrogens (primary N) is 1. The summed E-state index contributed by atoms with van der Waals surface area (Å²) >= 11 is 0. The molecule has 1 heterocycles. The van der Waals surface area contributed by atoms with Gasteiger partial charge in [-0.1, -0.05) is 26.0 Å². The van der Waals surface area contributed by atoms with Crippen LogP contribution >= 0.6 is 0 Å². The highest BCUT2D eigenvalue weighted by molar-refractivity contribution is 5.29. The van der Waals surface area contributed by atoms with Crippen LogP contribution in [0.4, 0.5) is 0 Å². The number of hydrogen-bond acceptors (Lipinski definition) is 4. The van der Waals surface area contributed by atoms with Crippen molar-refractivity contribution in [2.75, 3.05) is 32.8 Å². The maximum absolute atomic E-state index is 6.34. The highest BCUT2D eigenvalue weighted by Crippen LogP contribution is 2.19. The third-order valence-electron chi connectivity index (χ3n) is 3.91. The molecule has 4 heteroatoms. The lowest BCUT2D eigenvalue weighted by atomic mass is 10.1. The molecule has 2 rings (SSSR count). The fourth-order valence-corrected chi connectivity index (χ4v) is 2.61. The molecule has 1 saturated heterocycles. The normalized spacial score (nSPS) is 21.2. The summed E-state index contributed by atoms with van der Waals surface area (Å²) in [6.07, 6.45) is 2.45. The van der Waals surface area contributed by atoms with Gasteiger partial charge in [0.05, 0.1) is 19.3 Å². The van der Waals surface area contributed by atoms with Crippen molar-refractivity contribution in [2.24, 2.45) is 5.73 Å². The summed E-state index contributed by atoms with van der Waals surface area (Å²) in [6.45, 7) is 8.70. The molecular weight excluding hydrogens is 264 g/mol. The molecule has 4 nitrogen and oxygen atoms in total. The Balaban J connectivity index is 1.86. The van der Waals surface area contributed by atoms with E-state index in [1.807, 2.05) is 12.1 Å². The van der Waals surface area contributed by atoms with Crippen LogP contribution in [0.15, 0.2) is 24.3 Å². The fraction of sp³-hybridized carbons (Fsp3) is 0.647. The topological polar surface area (TPSA) is 47.7 Å². The van der Waals surface area contributed by atoms with Crippen molar-refractivity contribution in [1.29, 1.82) is 0 Å². The van der Waals surface area contributed by atoms with E-state index in [0.29, 0.717) is 6.10 Å². The van der Waals surface area contributed by atoms with Crippen LogP contribution < -0.4 is 10.5 Å². The van der Waals surface area contributed by atoms with Crippen LogP contribution in [0.25, 0.3) is 0 Å². The Morgan fingerprint density at radius 2 is 2.10 bits per heavy atom. The summed E-state index contributed by atoms with van der Waals surface area (Å²) in [7, 11) is 0. The van der Waals surface area contributed by atoms with Crippen molar-refractivity contribution < 1.29 is 9.47 Å². The van der Waals surface area contributed by atoms with E-state index in [1.54, 1.807) is 0 Å². The van der Waals surface area contributed by atoms with Gasteiger partial charge in [0, 0.05) is 25.7 Å². The monoisotopic (exact) mass is 292 g/mol. The van der Waals surface area contributed by atoms with Crippen LogP contribution in [0.3, 0.4) is 0 Å². The summed E-state index contributed by atoms with van der Waals surface area (Å²) in [5.41, 5.74) is 7.50. The molecule has 0 amide bonds. The number of ether oxygens (including phenoxy) is 2. The zero-order valence-electron chi connectivity index (χ0n) is 13.3. The van der Waals surface area contributed by atoms with Crippen molar-refractivity contribution in [3.8, 4) is 5.75 Å². The van der Waals surface area contributed by atoms with Gasteiger partial charge in [-0.3, -0.25) is 4.90 Å². The summed E-state index contributed by atoms with van der Waals surface area (Å²) in [6, 6.07) is 8.22. The molecule has 1 aliphatic heterocycles. The van der Waals surface area contributed by atoms with Crippen molar-refractivity contribution >= 4 is 0 Å². The average molecular weight is 292 g/mol. The lowest BCUT2D eigenvalue weighted by Gasteiger charge is -2.34. The first-order chi connectivity index (χ1) is 10.2. The van der Waals surface area contributed by atoms with Gasteiger partial charge < -0.3 is 15.2 Å². The Labute approximate surface area is 128 Å². The number of hydrogen-bond donors (Lipinski definition) is 1. The predicted octanol–water partition coefficient (Wildman–Crippen LogP) is 2.59. The minimum Gasteiger partial charge on any atom is -0.494 e. The third kappa shape index (κ3) is 4.99. The van der Waals surface area contributed by atoms with Gasteiger partial charge in [-0.2, -0.15) is 0 Å². The Hall–Kier alpha value is -1.10. The Morgan fingerprint density at radius 3 is 2.76 bits per heavy atom. The van der Waals surface area contributed by atoms with Crippen LogP contribution in [-0.2, 0) is 4.74 Å². The first kappa shape index (κ1) is 16.3. The standard InChI is InChI=1S/C17H28N2O2/c1-3-10-20-16-7-5-14(6-8-16)17(18)13-19-9-11-21-15(4-2)12-19/h5-8,15,17H,3-4,9-13,18H2,1-2H3. The van der Waals surface area contributed by atoms with Crippen LogP contribution in [0.2, 0.25) is 0 Å². The summed E-state index contributed by atoms with van der Waals surface area (Å²) in [5, 5.41) is 0. The van der Waals surface area contributed by atoms with E-state index in [-0.39, 0.29) is 6.04 Å². The van der Waals surface area contributed by atoms with E-state index >= 15 is 0 Å². The van der Waals surface area contributed by atoms with Crippen molar-refractivity contribution in [3.05, 3.63) is 29.8 Å². The van der Waals surface area contributed by atoms with Gasteiger partial charge in [-0.25, -0.2) is 0 Å². The molecule has 118 valence electrons. The molecule has 0 spiro atoms. The van der Waals surface area contributed by atoms with Gasteiger partial charge in [0.1, 0.15) is 5.75 Å². The highest BCUT2D eigenvalue weighted by atomic mass is 16.5. The molecule has 0 aliphatic carbocycles. The van der Waals surface area contributed by atoms with Crippen molar-refractivity contribution in [2.45, 2.75) is 38.8 Å². The van der Waals surface area contributed by atoms with Crippen LogP contribution in [-0.4, -0.2) is 43.9 Å². The second-order valence-electron chi connectivity index (χ2n) is 5.68. The highest BCUT2D eigenvalue weighted by Gasteiger charge is 2.21. The number of morpholine rings is 1. The van der Waals surface area contributed by atoms with E-state index < -0.39 is 0 Å². The van der Waals surface area contributed by atoms with E-state index in [9.17, 15) is 0 Å². The minimum atomic E-state index is 0.0424. The lowest BCUT2D eigenvalue weighted by Crippen LogP contribution is -2.44. The van der Waals surface area contributed by atoms with Crippen LogP contribution in [0, 0.1) is 0 Å². The third-order valence-corrected chi connectivity index (χ3v) is 3.91. The zero-order valence-corrected chi connectivity index (χ0v) is 13.3. The van der Waals surface area contributed by atoms with Gasteiger partial charge >= 0.3 is 0 Å². The quantitative estimate of drug-likeness (QED) is 0.839. The molecule has 1 fully saturated rings. The molecule has 1 aromatic carbocycles. The van der Waals surface area contributed by atoms with Gasteiger partial charge in [0.2, 0.25) is 0 Å². The van der Waals surface area contributed by atoms with Crippen molar-refractivity contribution in [3.63, 3.8) is 0 Å². The van der Waals surface area contributed by atoms with E-state index in [1.165, 1.54) is 5.56 Å². The fourth-order valence-electron chi connectivity index (χ4n) is 2.61. The minimum absolute atomic E-state index is 0.0424. The second-order valence-corrected chi connectivity index (χ2v) is 5.68. The first-order valence-corrected chi connectivity index (χ1v) is 8.05. The maximum atomic E-state index is 6.34. The molecule has 0 saturated carbocycles. The second kappa shape index (κ2) is 8.37. The molecule has 0 bridgehead atoms. The Kier molecular flexibility index (Phi) is 6.49.